The number of rotatable bonds is 2. The number of fused-ring (bicyclic) bond motifs is 1. The highest BCUT2D eigenvalue weighted by Crippen LogP contribution is 2.19. The van der Waals surface area contributed by atoms with Crippen LogP contribution in [0.2, 0.25) is 0 Å². The van der Waals surface area contributed by atoms with E-state index in [4.69, 9.17) is 0 Å². The SMILES string of the molecule is CCN(CC)C(=O)N1CCCc2ccccc2C1. The zero-order valence-electron chi connectivity index (χ0n) is 11.4. The molecule has 2 rings (SSSR count). The molecule has 1 aliphatic rings. The first-order valence-corrected chi connectivity index (χ1v) is 6.86. The van der Waals surface area contributed by atoms with Gasteiger partial charge in [-0.3, -0.25) is 0 Å². The van der Waals surface area contributed by atoms with E-state index in [-0.39, 0.29) is 6.03 Å². The second kappa shape index (κ2) is 5.89. The predicted octanol–water partition coefficient (Wildman–Crippen LogP) is 2.90. The van der Waals surface area contributed by atoms with E-state index in [1.165, 1.54) is 11.1 Å². The van der Waals surface area contributed by atoms with Gasteiger partial charge in [0.25, 0.3) is 0 Å². The van der Waals surface area contributed by atoms with E-state index in [1.54, 1.807) is 0 Å². The van der Waals surface area contributed by atoms with Crippen LogP contribution in [0.25, 0.3) is 0 Å². The van der Waals surface area contributed by atoms with Gasteiger partial charge in [0.1, 0.15) is 0 Å². The third-order valence-electron chi connectivity index (χ3n) is 3.66. The topological polar surface area (TPSA) is 23.6 Å². The standard InChI is InChI=1S/C15H22N2O/c1-3-16(4-2)15(18)17-11-7-10-13-8-5-6-9-14(13)12-17/h5-6,8-9H,3-4,7,10-12H2,1-2H3. The molecule has 1 aliphatic heterocycles. The first-order chi connectivity index (χ1) is 8.76. The van der Waals surface area contributed by atoms with Gasteiger partial charge in [-0.1, -0.05) is 24.3 Å². The molecular weight excluding hydrogens is 224 g/mol. The van der Waals surface area contributed by atoms with Gasteiger partial charge < -0.3 is 9.80 Å². The largest absolute Gasteiger partial charge is 0.325 e. The molecule has 98 valence electrons. The molecule has 0 bridgehead atoms. The number of nitrogens with zero attached hydrogens (tertiary/aromatic N) is 2. The highest BCUT2D eigenvalue weighted by Gasteiger charge is 2.21. The molecule has 0 radical (unpaired) electrons. The second-order valence-corrected chi connectivity index (χ2v) is 4.75. The van der Waals surface area contributed by atoms with Crippen molar-refractivity contribution >= 4 is 6.03 Å². The van der Waals surface area contributed by atoms with E-state index in [9.17, 15) is 4.79 Å². The number of carbonyl (C=O) groups excluding carboxylic acids is 1. The van der Waals surface area contributed by atoms with Crippen molar-refractivity contribution < 1.29 is 4.79 Å². The fourth-order valence-corrected chi connectivity index (χ4v) is 2.56. The van der Waals surface area contributed by atoms with Crippen molar-refractivity contribution in [1.29, 1.82) is 0 Å². The van der Waals surface area contributed by atoms with Crippen molar-refractivity contribution in [2.24, 2.45) is 0 Å². The van der Waals surface area contributed by atoms with Gasteiger partial charge in [-0.2, -0.15) is 0 Å². The summed E-state index contributed by atoms with van der Waals surface area (Å²) in [4.78, 5) is 16.3. The lowest BCUT2D eigenvalue weighted by molar-refractivity contribution is 0.155. The zero-order chi connectivity index (χ0) is 13.0. The molecule has 0 atom stereocenters. The van der Waals surface area contributed by atoms with Crippen LogP contribution in [-0.2, 0) is 13.0 Å². The Bertz CT molecular complexity index is 413. The van der Waals surface area contributed by atoms with Crippen LogP contribution in [0.15, 0.2) is 24.3 Å². The minimum absolute atomic E-state index is 0.178. The Hall–Kier alpha value is -1.51. The molecule has 1 aromatic carbocycles. The highest BCUT2D eigenvalue weighted by atomic mass is 16.2. The lowest BCUT2D eigenvalue weighted by Crippen LogP contribution is -2.42. The normalized spacial score (nSPS) is 14.9. The molecule has 3 nitrogen and oxygen atoms in total. The molecule has 0 N–H and O–H groups in total. The lowest BCUT2D eigenvalue weighted by atomic mass is 10.0. The van der Waals surface area contributed by atoms with Gasteiger partial charge in [-0.15, -0.1) is 0 Å². The summed E-state index contributed by atoms with van der Waals surface area (Å²) in [6.07, 6.45) is 2.14. The number of hydrogen-bond donors (Lipinski definition) is 0. The average molecular weight is 246 g/mol. The quantitative estimate of drug-likeness (QED) is 0.787. The number of benzene rings is 1. The van der Waals surface area contributed by atoms with Crippen molar-refractivity contribution in [2.45, 2.75) is 33.2 Å². The molecule has 1 aromatic rings. The number of urea groups is 1. The summed E-state index contributed by atoms with van der Waals surface area (Å²) >= 11 is 0. The summed E-state index contributed by atoms with van der Waals surface area (Å²) in [5.74, 6) is 0. The Morgan fingerprint density at radius 1 is 1.22 bits per heavy atom. The lowest BCUT2D eigenvalue weighted by Gasteiger charge is -2.28. The van der Waals surface area contributed by atoms with E-state index in [0.717, 1.165) is 39.0 Å². The maximum absolute atomic E-state index is 12.4. The fourth-order valence-electron chi connectivity index (χ4n) is 2.56. The number of carbonyl (C=O) groups is 1. The summed E-state index contributed by atoms with van der Waals surface area (Å²) < 4.78 is 0. The summed E-state index contributed by atoms with van der Waals surface area (Å²) in [7, 11) is 0. The van der Waals surface area contributed by atoms with Crippen molar-refractivity contribution in [2.75, 3.05) is 19.6 Å². The second-order valence-electron chi connectivity index (χ2n) is 4.75. The van der Waals surface area contributed by atoms with Gasteiger partial charge >= 0.3 is 6.03 Å². The van der Waals surface area contributed by atoms with Gasteiger partial charge in [0.15, 0.2) is 0 Å². The molecule has 0 aromatic heterocycles. The Labute approximate surface area is 109 Å². The molecule has 18 heavy (non-hydrogen) atoms. The summed E-state index contributed by atoms with van der Waals surface area (Å²) in [5, 5.41) is 0. The van der Waals surface area contributed by atoms with Crippen LogP contribution in [0.3, 0.4) is 0 Å². The first kappa shape index (κ1) is 12.9. The zero-order valence-corrected chi connectivity index (χ0v) is 11.4. The molecule has 2 amide bonds. The average Bonchev–Trinajstić information content (AvgIpc) is 2.62. The van der Waals surface area contributed by atoms with Crippen LogP contribution >= 0.6 is 0 Å². The van der Waals surface area contributed by atoms with Crippen LogP contribution in [0, 0.1) is 0 Å². The summed E-state index contributed by atoms with van der Waals surface area (Å²) in [5.41, 5.74) is 2.70. The first-order valence-electron chi connectivity index (χ1n) is 6.86. The van der Waals surface area contributed by atoms with Crippen LogP contribution in [0.4, 0.5) is 4.79 Å². The van der Waals surface area contributed by atoms with Gasteiger partial charge in [0, 0.05) is 26.2 Å². The van der Waals surface area contributed by atoms with Crippen LogP contribution in [-0.4, -0.2) is 35.5 Å². The molecule has 0 fully saturated rings. The van der Waals surface area contributed by atoms with Crippen molar-refractivity contribution in [3.8, 4) is 0 Å². The predicted molar refractivity (Wildman–Crippen MR) is 73.5 cm³/mol. The minimum Gasteiger partial charge on any atom is -0.325 e. The Morgan fingerprint density at radius 3 is 2.56 bits per heavy atom. The molecule has 0 saturated carbocycles. The van der Waals surface area contributed by atoms with Gasteiger partial charge in [0.05, 0.1) is 0 Å². The van der Waals surface area contributed by atoms with E-state index in [2.05, 4.69) is 24.3 Å². The molecule has 0 spiro atoms. The van der Waals surface area contributed by atoms with Crippen molar-refractivity contribution in [3.05, 3.63) is 35.4 Å². The minimum atomic E-state index is 0.178. The summed E-state index contributed by atoms with van der Waals surface area (Å²) in [6, 6.07) is 8.64. The Kier molecular flexibility index (Phi) is 4.24. The molecular formula is C15H22N2O. The number of amides is 2. The van der Waals surface area contributed by atoms with Crippen LogP contribution < -0.4 is 0 Å². The number of aryl methyl sites for hydroxylation is 1. The van der Waals surface area contributed by atoms with E-state index >= 15 is 0 Å². The van der Waals surface area contributed by atoms with Crippen molar-refractivity contribution in [1.82, 2.24) is 9.80 Å². The van der Waals surface area contributed by atoms with E-state index < -0.39 is 0 Å². The fraction of sp³-hybridized carbons (Fsp3) is 0.533. The smallest absolute Gasteiger partial charge is 0.320 e. The molecule has 0 saturated heterocycles. The molecule has 0 unspecified atom stereocenters. The monoisotopic (exact) mass is 246 g/mol. The highest BCUT2D eigenvalue weighted by molar-refractivity contribution is 5.74. The van der Waals surface area contributed by atoms with Crippen LogP contribution in [0.1, 0.15) is 31.4 Å². The van der Waals surface area contributed by atoms with Crippen LogP contribution in [0.5, 0.6) is 0 Å². The van der Waals surface area contributed by atoms with Gasteiger partial charge in [-0.25, -0.2) is 4.79 Å². The number of hydrogen-bond acceptors (Lipinski definition) is 1. The van der Waals surface area contributed by atoms with Crippen molar-refractivity contribution in [3.63, 3.8) is 0 Å². The van der Waals surface area contributed by atoms with E-state index in [1.807, 2.05) is 23.6 Å². The molecule has 1 heterocycles. The van der Waals surface area contributed by atoms with E-state index in [0.29, 0.717) is 0 Å². The maximum atomic E-state index is 12.4. The molecule has 0 aliphatic carbocycles. The maximum Gasteiger partial charge on any atom is 0.320 e. The Morgan fingerprint density at radius 2 is 1.89 bits per heavy atom. The third-order valence-corrected chi connectivity index (χ3v) is 3.66. The molecule has 3 heteroatoms. The van der Waals surface area contributed by atoms with Gasteiger partial charge in [0.2, 0.25) is 0 Å². The van der Waals surface area contributed by atoms with Gasteiger partial charge in [-0.05, 0) is 37.8 Å². The summed E-state index contributed by atoms with van der Waals surface area (Å²) in [6.45, 7) is 7.26. The third kappa shape index (κ3) is 2.66. The Balaban J connectivity index is 2.14.